The number of nitrogens with zero attached hydrogens (tertiary/aromatic N) is 1. The van der Waals surface area contributed by atoms with Crippen LogP contribution in [0.15, 0.2) is 0 Å². The standard InChI is InChI=1S/C11H25NO3S/c1-12(2,3)10-8-6-4-5-7-9-11-16(13,14)15/h4-11H2,1-3H3/p+1. The molecule has 0 unspecified atom stereocenters. The first-order chi connectivity index (χ1) is 7.21. The number of hydrogen-bond acceptors (Lipinski definition) is 3. The van der Waals surface area contributed by atoms with Crippen molar-refractivity contribution in [2.45, 2.75) is 38.5 Å². The first-order valence-electron chi connectivity index (χ1n) is 5.95. The smallest absolute Gasteiger partial charge is 0.748 e. The van der Waals surface area contributed by atoms with Crippen molar-refractivity contribution in [1.29, 1.82) is 0 Å². The Kier molecular flexibility index (Phi) is 7.19. The van der Waals surface area contributed by atoms with Gasteiger partial charge in [0.25, 0.3) is 0 Å². The summed E-state index contributed by atoms with van der Waals surface area (Å²) in [7, 11) is 2.55. The summed E-state index contributed by atoms with van der Waals surface area (Å²) in [5.41, 5.74) is 0. The summed E-state index contributed by atoms with van der Waals surface area (Å²) in [5.74, 6) is -0.203. The van der Waals surface area contributed by atoms with Crippen molar-refractivity contribution in [3.05, 3.63) is 0 Å². The van der Waals surface area contributed by atoms with Gasteiger partial charge in [0.1, 0.15) is 0 Å². The summed E-state index contributed by atoms with van der Waals surface area (Å²) >= 11 is 0. The average Bonchev–Trinajstić information content (AvgIpc) is 2.06. The molecule has 98 valence electrons. The van der Waals surface area contributed by atoms with Gasteiger partial charge >= 0.3 is 1.43 Å². The first-order valence-corrected chi connectivity index (χ1v) is 7.52. The summed E-state index contributed by atoms with van der Waals surface area (Å²) in [4.78, 5) is 0. The molecule has 0 saturated heterocycles. The van der Waals surface area contributed by atoms with Gasteiger partial charge < -0.3 is 9.04 Å². The van der Waals surface area contributed by atoms with Crippen LogP contribution in [0.2, 0.25) is 0 Å². The van der Waals surface area contributed by atoms with Crippen molar-refractivity contribution < 1.29 is 18.9 Å². The Hall–Kier alpha value is -0.130. The third-order valence-electron chi connectivity index (χ3n) is 2.47. The van der Waals surface area contributed by atoms with Crippen LogP contribution in [-0.4, -0.2) is 50.9 Å². The number of hydrogen-bond donors (Lipinski definition) is 0. The van der Waals surface area contributed by atoms with Crippen molar-refractivity contribution in [2.24, 2.45) is 0 Å². The van der Waals surface area contributed by atoms with E-state index in [4.69, 9.17) is 0 Å². The zero-order chi connectivity index (χ0) is 12.7. The highest BCUT2D eigenvalue weighted by Crippen LogP contribution is 2.07. The van der Waals surface area contributed by atoms with Gasteiger partial charge in [0.15, 0.2) is 0 Å². The molecule has 0 aliphatic carbocycles. The maximum atomic E-state index is 10.3. The van der Waals surface area contributed by atoms with Crippen LogP contribution in [-0.2, 0) is 10.1 Å². The molecule has 0 rings (SSSR count). The molecule has 0 aliphatic heterocycles. The van der Waals surface area contributed by atoms with E-state index in [1.165, 1.54) is 19.4 Å². The van der Waals surface area contributed by atoms with Gasteiger partial charge in [-0.2, -0.15) is 0 Å². The molecule has 0 aromatic rings. The Morgan fingerprint density at radius 3 is 1.81 bits per heavy atom. The fraction of sp³-hybridized carbons (Fsp3) is 1.00. The molecular weight excluding hydrogens is 226 g/mol. The molecule has 0 aromatic heterocycles. The van der Waals surface area contributed by atoms with E-state index in [0.29, 0.717) is 6.42 Å². The molecule has 0 fully saturated rings. The summed E-state index contributed by atoms with van der Waals surface area (Å²) in [5, 5.41) is 0. The largest absolute Gasteiger partial charge is 1.00 e. The molecule has 0 bridgehead atoms. The second kappa shape index (κ2) is 7.25. The van der Waals surface area contributed by atoms with Gasteiger partial charge in [-0.15, -0.1) is 0 Å². The maximum absolute atomic E-state index is 10.3. The second-order valence-electron chi connectivity index (χ2n) is 5.40. The van der Waals surface area contributed by atoms with Crippen LogP contribution in [0.25, 0.3) is 0 Å². The lowest BCUT2D eigenvalue weighted by molar-refractivity contribution is -0.870. The van der Waals surface area contributed by atoms with Crippen LogP contribution < -0.4 is 0 Å². The lowest BCUT2D eigenvalue weighted by atomic mass is 10.1. The average molecular weight is 252 g/mol. The summed E-state index contributed by atoms with van der Waals surface area (Å²) in [6.07, 6.45) is 5.95. The molecular formula is C11H26NO3S+. The number of quaternary nitrogens is 1. The van der Waals surface area contributed by atoms with E-state index in [9.17, 15) is 13.0 Å². The highest BCUT2D eigenvalue weighted by molar-refractivity contribution is 7.85. The fourth-order valence-corrected chi connectivity index (χ4v) is 2.13. The molecule has 0 N–H and O–H groups in total. The zero-order valence-electron chi connectivity index (χ0n) is 11.7. The minimum Gasteiger partial charge on any atom is -0.748 e. The molecule has 0 heterocycles. The summed E-state index contributed by atoms with van der Waals surface area (Å²) < 4.78 is 32.0. The highest BCUT2D eigenvalue weighted by atomic mass is 32.2. The van der Waals surface area contributed by atoms with Gasteiger partial charge in [0.2, 0.25) is 0 Å². The molecule has 0 radical (unpaired) electrons. The van der Waals surface area contributed by atoms with Gasteiger partial charge in [0, 0.05) is 5.75 Å². The highest BCUT2D eigenvalue weighted by Gasteiger charge is 2.05. The maximum Gasteiger partial charge on any atom is 1.00 e. The molecule has 0 aliphatic rings. The zero-order valence-corrected chi connectivity index (χ0v) is 11.6. The lowest BCUT2D eigenvalue weighted by Gasteiger charge is -2.23. The third-order valence-corrected chi connectivity index (χ3v) is 3.26. The van der Waals surface area contributed by atoms with Gasteiger partial charge in [-0.05, 0) is 19.3 Å². The minimum atomic E-state index is -3.99. The normalized spacial score (nSPS) is 13.0. The van der Waals surface area contributed by atoms with E-state index >= 15 is 0 Å². The Morgan fingerprint density at radius 1 is 0.938 bits per heavy atom. The van der Waals surface area contributed by atoms with Crippen molar-refractivity contribution in [3.63, 3.8) is 0 Å². The van der Waals surface area contributed by atoms with Crippen LogP contribution >= 0.6 is 0 Å². The van der Waals surface area contributed by atoms with E-state index < -0.39 is 10.1 Å². The van der Waals surface area contributed by atoms with E-state index in [1.807, 2.05) is 0 Å². The van der Waals surface area contributed by atoms with Crippen LogP contribution in [0, 0.1) is 0 Å². The quantitative estimate of drug-likeness (QED) is 0.356. The second-order valence-corrected chi connectivity index (χ2v) is 6.92. The monoisotopic (exact) mass is 252 g/mol. The van der Waals surface area contributed by atoms with E-state index in [2.05, 4.69) is 21.1 Å². The molecule has 0 saturated carbocycles. The predicted octanol–water partition coefficient (Wildman–Crippen LogP) is 1.69. The van der Waals surface area contributed by atoms with E-state index in [1.54, 1.807) is 0 Å². The number of unbranched alkanes of at least 4 members (excludes halogenated alkanes) is 5. The van der Waals surface area contributed by atoms with Crippen LogP contribution in [0.1, 0.15) is 40.0 Å². The minimum absolute atomic E-state index is 0. The van der Waals surface area contributed by atoms with E-state index in [0.717, 1.165) is 23.7 Å². The van der Waals surface area contributed by atoms with Crippen molar-refractivity contribution >= 4 is 10.1 Å². The summed E-state index contributed by atoms with van der Waals surface area (Å²) in [6.45, 7) is 1.18. The number of rotatable bonds is 9. The van der Waals surface area contributed by atoms with Crippen LogP contribution in [0.5, 0.6) is 0 Å². The van der Waals surface area contributed by atoms with Gasteiger partial charge in [0.05, 0.1) is 37.8 Å². The van der Waals surface area contributed by atoms with Crippen LogP contribution in [0.3, 0.4) is 0 Å². The predicted molar refractivity (Wildman–Crippen MR) is 66.3 cm³/mol. The van der Waals surface area contributed by atoms with Crippen molar-refractivity contribution in [1.82, 2.24) is 0 Å². The van der Waals surface area contributed by atoms with Gasteiger partial charge in [-0.3, -0.25) is 0 Å². The Bertz CT molecular complexity index is 273. The van der Waals surface area contributed by atoms with Crippen LogP contribution in [0.4, 0.5) is 0 Å². The first kappa shape index (κ1) is 15.9. The molecule has 16 heavy (non-hydrogen) atoms. The Labute approximate surface area is 101 Å². The lowest BCUT2D eigenvalue weighted by Crippen LogP contribution is -2.35. The molecule has 0 spiro atoms. The summed E-state index contributed by atoms with van der Waals surface area (Å²) in [6, 6.07) is 0. The van der Waals surface area contributed by atoms with Crippen molar-refractivity contribution in [2.75, 3.05) is 33.4 Å². The van der Waals surface area contributed by atoms with E-state index in [-0.39, 0.29) is 7.18 Å². The Balaban J connectivity index is 0. The fourth-order valence-electron chi connectivity index (χ4n) is 1.57. The van der Waals surface area contributed by atoms with Gasteiger partial charge in [-0.1, -0.05) is 19.3 Å². The third kappa shape index (κ3) is 13.9. The molecule has 0 aromatic carbocycles. The molecule has 0 atom stereocenters. The molecule has 4 nitrogen and oxygen atoms in total. The topological polar surface area (TPSA) is 57.2 Å². The van der Waals surface area contributed by atoms with Gasteiger partial charge in [-0.25, -0.2) is 8.42 Å². The Morgan fingerprint density at radius 2 is 1.38 bits per heavy atom. The van der Waals surface area contributed by atoms with Crippen molar-refractivity contribution in [3.8, 4) is 0 Å². The molecule has 5 heteroatoms. The SMILES string of the molecule is C[N+](C)(C)CCCCCCCCS(=O)(=O)[O-].[H+]. The molecule has 0 amide bonds.